The van der Waals surface area contributed by atoms with E-state index in [1.54, 1.807) is 0 Å². The van der Waals surface area contributed by atoms with Crippen molar-refractivity contribution in [2.24, 2.45) is 0 Å². The van der Waals surface area contributed by atoms with E-state index < -0.39 is 4.92 Å². The zero-order valence-electron chi connectivity index (χ0n) is 5.97. The van der Waals surface area contributed by atoms with Crippen molar-refractivity contribution in [1.29, 1.82) is 0 Å². The van der Waals surface area contributed by atoms with Gasteiger partial charge in [-0.2, -0.15) is 0 Å². The Labute approximate surface area is 104 Å². The van der Waals surface area contributed by atoms with E-state index in [-0.39, 0.29) is 55.6 Å². The molecular weight excluding hydrogens is 202 g/mol. The first-order valence-electron chi connectivity index (χ1n) is 3.09. The van der Waals surface area contributed by atoms with Crippen LogP contribution in [0.4, 0.5) is 5.69 Å². The Hall–Kier alpha value is -0.650. The van der Waals surface area contributed by atoms with E-state index in [9.17, 15) is 14.9 Å². The Bertz CT molecular complexity index is 298. The Morgan fingerprint density at radius 3 is 2.23 bits per heavy atom. The third-order valence-corrected chi connectivity index (χ3v) is 1.23. The van der Waals surface area contributed by atoms with Crippen LogP contribution in [0.25, 0.3) is 0 Å². The first-order valence-corrected chi connectivity index (χ1v) is 3.09. The van der Waals surface area contributed by atoms with E-state index in [4.69, 9.17) is 0 Å². The van der Waals surface area contributed by atoms with Crippen molar-refractivity contribution >= 4 is 49.9 Å². The molecule has 1 aromatic carbocycles. The molecule has 1 aromatic rings. The fraction of sp³-hybridized carbons (Fsp3) is 0. The van der Waals surface area contributed by atoms with Gasteiger partial charge < -0.3 is 4.74 Å². The van der Waals surface area contributed by atoms with Crippen LogP contribution in [0, 0.1) is 10.1 Å². The van der Waals surface area contributed by atoms with Gasteiger partial charge in [0.05, 0.1) is 4.92 Å². The molecule has 0 aliphatic heterocycles. The molecule has 0 bridgehead atoms. The molecule has 66 valence electrons. The van der Waals surface area contributed by atoms with Crippen LogP contribution in [-0.4, -0.2) is 49.1 Å². The minimum absolute atomic E-state index is 0. The van der Waals surface area contributed by atoms with Gasteiger partial charge in [0.25, 0.3) is 12.2 Å². The average molecular weight is 209 g/mol. The summed E-state index contributed by atoms with van der Waals surface area (Å²) in [7, 11) is 0. The summed E-state index contributed by atoms with van der Waals surface area (Å²) in [5, 5.41) is 10.2. The van der Waals surface area contributed by atoms with Crippen LogP contribution in [0.5, 0.6) is 5.75 Å². The van der Waals surface area contributed by atoms with Gasteiger partial charge in [0.1, 0.15) is 5.75 Å². The summed E-state index contributed by atoms with van der Waals surface area (Å²) in [6.07, 6.45) is 0. The third-order valence-electron chi connectivity index (χ3n) is 1.23. The summed E-state index contributed by atoms with van der Waals surface area (Å²) >= 11 is 0. The fourth-order valence-electron chi connectivity index (χ4n) is 0.702. The van der Waals surface area contributed by atoms with Crippen LogP contribution in [0.1, 0.15) is 0 Å². The van der Waals surface area contributed by atoms with E-state index in [2.05, 4.69) is 4.74 Å². The Balaban J connectivity index is 0.00000144. The third kappa shape index (κ3) is 3.71. The second-order valence-corrected chi connectivity index (χ2v) is 1.97. The van der Waals surface area contributed by atoms with Crippen LogP contribution < -0.4 is 4.74 Å². The van der Waals surface area contributed by atoms with E-state index in [1.165, 1.54) is 24.3 Å². The van der Waals surface area contributed by atoms with Crippen molar-refractivity contribution in [3.8, 4) is 5.75 Å². The summed E-state index contributed by atoms with van der Waals surface area (Å²) in [5.41, 5.74) is -0.0340. The van der Waals surface area contributed by atoms with Crippen LogP contribution in [0.3, 0.4) is 0 Å². The van der Waals surface area contributed by atoms with E-state index >= 15 is 0 Å². The van der Waals surface area contributed by atoms with Gasteiger partial charge in [0, 0.05) is 12.1 Å². The van der Waals surface area contributed by atoms with Crippen LogP contribution in [-0.2, 0) is 4.79 Å². The molecule has 1 rings (SSSR count). The summed E-state index contributed by atoms with van der Waals surface area (Å²) in [4.78, 5) is 19.5. The number of non-ortho nitro benzene ring substituents is 1. The van der Waals surface area contributed by atoms with E-state index in [1.807, 2.05) is 0 Å². The van der Waals surface area contributed by atoms with Crippen molar-refractivity contribution in [3.63, 3.8) is 0 Å². The molecule has 0 heterocycles. The first-order chi connectivity index (χ1) is 5.74. The van der Waals surface area contributed by atoms with Crippen LogP contribution in [0.15, 0.2) is 24.3 Å². The number of nitrogens with zero attached hydrogens (tertiary/aromatic N) is 1. The van der Waals surface area contributed by atoms with Crippen molar-refractivity contribution in [2.75, 3.05) is 0 Å². The number of nitro groups is 1. The molecule has 6 heteroatoms. The van der Waals surface area contributed by atoms with Gasteiger partial charge >= 0.3 is 37.7 Å². The van der Waals surface area contributed by atoms with Crippen molar-refractivity contribution in [3.05, 3.63) is 34.4 Å². The molecular formula is C7H7CaNO4. The predicted molar refractivity (Wildman–Crippen MR) is 48.3 cm³/mol. The molecule has 0 spiro atoms. The SMILES string of the molecule is O=COc1ccc([N+](=O)[O-])cc1.[CaH2]. The summed E-state index contributed by atoms with van der Waals surface area (Å²) in [5.74, 6) is 0.288. The Morgan fingerprint density at radius 1 is 1.31 bits per heavy atom. The van der Waals surface area contributed by atoms with Gasteiger partial charge in [-0.05, 0) is 12.1 Å². The van der Waals surface area contributed by atoms with Crippen LogP contribution >= 0.6 is 0 Å². The number of benzene rings is 1. The maximum absolute atomic E-state index is 10.2. The number of carbonyl (C=O) groups excluding carboxylic acids is 1. The minimum atomic E-state index is -0.523. The molecule has 13 heavy (non-hydrogen) atoms. The van der Waals surface area contributed by atoms with Crippen molar-refractivity contribution < 1.29 is 14.5 Å². The molecule has 0 radical (unpaired) electrons. The fourth-order valence-corrected chi connectivity index (χ4v) is 0.702. The molecule has 0 aromatic heterocycles. The quantitative estimate of drug-likeness (QED) is 0.309. The number of carbonyl (C=O) groups is 1. The van der Waals surface area contributed by atoms with Crippen molar-refractivity contribution in [1.82, 2.24) is 0 Å². The van der Waals surface area contributed by atoms with Gasteiger partial charge in [-0.3, -0.25) is 14.9 Å². The molecule has 0 N–H and O–H groups in total. The molecule has 0 saturated carbocycles. The molecule has 0 unspecified atom stereocenters. The zero-order chi connectivity index (χ0) is 8.97. The normalized spacial score (nSPS) is 8.31. The summed E-state index contributed by atoms with van der Waals surface area (Å²) in [6.45, 7) is 0.265. The number of hydrogen-bond acceptors (Lipinski definition) is 4. The summed E-state index contributed by atoms with van der Waals surface area (Å²) < 4.78 is 4.44. The van der Waals surface area contributed by atoms with Gasteiger partial charge in [0.2, 0.25) is 0 Å². The van der Waals surface area contributed by atoms with Crippen molar-refractivity contribution in [2.45, 2.75) is 0 Å². The number of rotatable bonds is 3. The number of ether oxygens (including phenoxy) is 1. The molecule has 0 aliphatic carbocycles. The van der Waals surface area contributed by atoms with E-state index in [0.717, 1.165) is 0 Å². The second kappa shape index (κ2) is 5.90. The van der Waals surface area contributed by atoms with Crippen LogP contribution in [0.2, 0.25) is 0 Å². The van der Waals surface area contributed by atoms with E-state index in [0.29, 0.717) is 0 Å². The predicted octanol–water partition coefficient (Wildman–Crippen LogP) is 0.214. The monoisotopic (exact) mass is 209 g/mol. The molecule has 0 fully saturated rings. The summed E-state index contributed by atoms with van der Waals surface area (Å²) in [6, 6.07) is 5.23. The molecule has 0 amide bonds. The standard InChI is InChI=1S/C7H5NO4.Ca.2H/c9-5-12-7-3-1-6(2-4-7)8(10)11;;;/h1-5H;;;. The Morgan fingerprint density at radius 2 is 1.85 bits per heavy atom. The average Bonchev–Trinajstić information content (AvgIpc) is 2.06. The first kappa shape index (κ1) is 12.3. The Kier molecular flexibility index (Phi) is 5.61. The topological polar surface area (TPSA) is 69.4 Å². The van der Waals surface area contributed by atoms with Gasteiger partial charge in [-0.1, -0.05) is 0 Å². The zero-order valence-corrected chi connectivity index (χ0v) is 5.97. The number of hydrogen-bond donors (Lipinski definition) is 0. The molecule has 0 aliphatic rings. The molecule has 0 atom stereocenters. The maximum atomic E-state index is 10.2. The van der Waals surface area contributed by atoms with Gasteiger partial charge in [-0.15, -0.1) is 0 Å². The second-order valence-electron chi connectivity index (χ2n) is 1.97. The number of nitro benzene ring substituents is 1. The molecule has 0 saturated heterocycles. The van der Waals surface area contributed by atoms with Gasteiger partial charge in [0.15, 0.2) is 0 Å². The van der Waals surface area contributed by atoms with Gasteiger partial charge in [-0.25, -0.2) is 0 Å². The molecule has 5 nitrogen and oxygen atoms in total.